The summed E-state index contributed by atoms with van der Waals surface area (Å²) in [5, 5.41) is 3.57. The zero-order valence-corrected chi connectivity index (χ0v) is 18.0. The molecular weight excluding hydrogens is 477 g/mol. The Balaban J connectivity index is 1.78. The van der Waals surface area contributed by atoms with Crippen molar-refractivity contribution in [3.8, 4) is 0 Å². The van der Waals surface area contributed by atoms with Crippen LogP contribution in [0.5, 0.6) is 0 Å². The van der Waals surface area contributed by atoms with Gasteiger partial charge in [-0.3, -0.25) is 9.59 Å². The maximum Gasteiger partial charge on any atom is 0.255 e. The summed E-state index contributed by atoms with van der Waals surface area (Å²) in [4.78, 5) is 28.5. The second-order valence-electron chi connectivity index (χ2n) is 6.32. The normalized spacial score (nSPS) is 14.2. The summed E-state index contributed by atoms with van der Waals surface area (Å²) in [7, 11) is 0. The van der Waals surface area contributed by atoms with E-state index in [0.29, 0.717) is 48.9 Å². The minimum atomic E-state index is -0.172. The molecule has 142 valence electrons. The van der Waals surface area contributed by atoms with Gasteiger partial charge < -0.3 is 15.1 Å². The Morgan fingerprint density at radius 2 is 1.74 bits per heavy atom. The van der Waals surface area contributed by atoms with Gasteiger partial charge in [0, 0.05) is 41.7 Å². The summed E-state index contributed by atoms with van der Waals surface area (Å²) in [6.45, 7) is 4.55. The van der Waals surface area contributed by atoms with E-state index in [2.05, 4.69) is 32.8 Å². The van der Waals surface area contributed by atoms with Crippen LogP contribution in [0.3, 0.4) is 0 Å². The lowest BCUT2D eigenvalue weighted by atomic mass is 10.1. The minimum absolute atomic E-state index is 0.168. The van der Waals surface area contributed by atoms with Gasteiger partial charge in [0.15, 0.2) is 0 Å². The number of nitrogens with zero attached hydrogens (tertiary/aromatic N) is 2. The molecule has 1 aliphatic rings. The lowest BCUT2D eigenvalue weighted by molar-refractivity contribution is -0.131. The molecule has 27 heavy (non-hydrogen) atoms. The van der Waals surface area contributed by atoms with Gasteiger partial charge in [-0.25, -0.2) is 0 Å². The molecule has 0 unspecified atom stereocenters. The number of anilines is 2. The Labute approximate surface area is 177 Å². The van der Waals surface area contributed by atoms with Crippen LogP contribution in [-0.4, -0.2) is 42.9 Å². The zero-order valence-electron chi connectivity index (χ0n) is 15.0. The third kappa shape index (κ3) is 4.73. The number of hydrogen-bond donors (Lipinski definition) is 1. The summed E-state index contributed by atoms with van der Waals surface area (Å²) in [5.74, 6) is -0.00393. The highest BCUT2D eigenvalue weighted by molar-refractivity contribution is 14.1. The Morgan fingerprint density at radius 3 is 2.37 bits per heavy atom. The lowest BCUT2D eigenvalue weighted by Gasteiger charge is -2.37. The predicted molar refractivity (Wildman–Crippen MR) is 118 cm³/mol. The predicted octanol–water partition coefficient (Wildman–Crippen LogP) is 4.26. The summed E-state index contributed by atoms with van der Waals surface area (Å²) in [6, 6.07) is 12.9. The third-order valence-corrected chi connectivity index (χ3v) is 5.62. The number of carbonyl (C=O) groups excluding carboxylic acids is 2. The fourth-order valence-electron chi connectivity index (χ4n) is 3.14. The first-order chi connectivity index (χ1) is 13.0. The maximum absolute atomic E-state index is 12.6. The highest BCUT2D eigenvalue weighted by Crippen LogP contribution is 2.35. The quantitative estimate of drug-likeness (QED) is 0.643. The van der Waals surface area contributed by atoms with Crippen LogP contribution in [0.1, 0.15) is 23.7 Å². The van der Waals surface area contributed by atoms with Crippen molar-refractivity contribution in [2.45, 2.75) is 13.3 Å². The standard InChI is InChI=1S/C20H21ClIN3O2/c1-2-18(26)24-10-12-25(13-11-24)19-16(21)4-3-5-17(19)23-20(27)14-6-8-15(22)9-7-14/h3-9H,2,10-13H2,1H3,(H,23,27). The molecule has 3 rings (SSSR count). The van der Waals surface area contributed by atoms with Gasteiger partial charge in [-0.15, -0.1) is 0 Å². The van der Waals surface area contributed by atoms with E-state index < -0.39 is 0 Å². The van der Waals surface area contributed by atoms with Crippen molar-refractivity contribution in [2.24, 2.45) is 0 Å². The minimum Gasteiger partial charge on any atom is -0.365 e. The number of rotatable bonds is 4. The van der Waals surface area contributed by atoms with Crippen LogP contribution in [0.2, 0.25) is 5.02 Å². The Bertz CT molecular complexity index is 834. The molecule has 0 saturated carbocycles. The van der Waals surface area contributed by atoms with Crippen LogP contribution in [0, 0.1) is 3.57 Å². The van der Waals surface area contributed by atoms with E-state index in [-0.39, 0.29) is 11.8 Å². The zero-order chi connectivity index (χ0) is 19.4. The van der Waals surface area contributed by atoms with E-state index in [1.165, 1.54) is 0 Å². The molecule has 1 heterocycles. The summed E-state index contributed by atoms with van der Waals surface area (Å²) >= 11 is 8.67. The monoisotopic (exact) mass is 497 g/mol. The van der Waals surface area contributed by atoms with Gasteiger partial charge in [-0.2, -0.15) is 0 Å². The largest absolute Gasteiger partial charge is 0.365 e. The van der Waals surface area contributed by atoms with Gasteiger partial charge in [0.05, 0.1) is 16.4 Å². The van der Waals surface area contributed by atoms with Crippen LogP contribution in [0.15, 0.2) is 42.5 Å². The Kier molecular flexibility index (Phi) is 6.59. The molecule has 1 fully saturated rings. The molecule has 1 aliphatic heterocycles. The topological polar surface area (TPSA) is 52.7 Å². The van der Waals surface area contributed by atoms with Gasteiger partial charge in [0.1, 0.15) is 0 Å². The molecule has 0 bridgehead atoms. The van der Waals surface area contributed by atoms with Crippen molar-refractivity contribution >= 4 is 57.4 Å². The number of halogens is 2. The maximum atomic E-state index is 12.6. The van der Waals surface area contributed by atoms with E-state index >= 15 is 0 Å². The van der Waals surface area contributed by atoms with Crippen molar-refractivity contribution in [2.75, 3.05) is 36.4 Å². The molecule has 0 spiro atoms. The Morgan fingerprint density at radius 1 is 1.07 bits per heavy atom. The number of piperazine rings is 1. The van der Waals surface area contributed by atoms with Crippen LogP contribution in [0.25, 0.3) is 0 Å². The molecule has 0 aromatic heterocycles. The summed E-state index contributed by atoms with van der Waals surface area (Å²) < 4.78 is 1.08. The van der Waals surface area contributed by atoms with E-state index in [1.807, 2.05) is 42.2 Å². The van der Waals surface area contributed by atoms with Crippen molar-refractivity contribution in [1.82, 2.24) is 4.90 Å². The van der Waals surface area contributed by atoms with E-state index in [0.717, 1.165) is 9.26 Å². The van der Waals surface area contributed by atoms with E-state index in [4.69, 9.17) is 11.6 Å². The lowest BCUT2D eigenvalue weighted by Crippen LogP contribution is -2.48. The molecule has 5 nitrogen and oxygen atoms in total. The van der Waals surface area contributed by atoms with Crippen LogP contribution >= 0.6 is 34.2 Å². The highest BCUT2D eigenvalue weighted by Gasteiger charge is 2.24. The first-order valence-corrected chi connectivity index (χ1v) is 10.3. The molecule has 2 aromatic rings. The van der Waals surface area contributed by atoms with Crippen LogP contribution in [-0.2, 0) is 4.79 Å². The number of benzene rings is 2. The first kappa shape index (κ1) is 19.9. The summed E-state index contributed by atoms with van der Waals surface area (Å²) in [6.07, 6.45) is 0.517. The van der Waals surface area contributed by atoms with E-state index in [9.17, 15) is 9.59 Å². The highest BCUT2D eigenvalue weighted by atomic mass is 127. The third-order valence-electron chi connectivity index (χ3n) is 4.59. The fourth-order valence-corrected chi connectivity index (χ4v) is 3.79. The van der Waals surface area contributed by atoms with Gasteiger partial charge in [-0.05, 0) is 59.0 Å². The van der Waals surface area contributed by atoms with Crippen molar-refractivity contribution in [3.63, 3.8) is 0 Å². The SMILES string of the molecule is CCC(=O)N1CCN(c2c(Cl)cccc2NC(=O)c2ccc(I)cc2)CC1. The molecule has 7 heteroatoms. The van der Waals surface area contributed by atoms with Crippen molar-refractivity contribution in [3.05, 3.63) is 56.6 Å². The van der Waals surface area contributed by atoms with Gasteiger partial charge >= 0.3 is 0 Å². The molecule has 1 N–H and O–H groups in total. The Hall–Kier alpha value is -1.80. The molecule has 0 radical (unpaired) electrons. The molecule has 2 amide bonds. The second-order valence-corrected chi connectivity index (χ2v) is 7.97. The molecular formula is C20H21ClIN3O2. The first-order valence-electron chi connectivity index (χ1n) is 8.87. The molecule has 0 aliphatic carbocycles. The average Bonchev–Trinajstić information content (AvgIpc) is 2.68. The number of para-hydroxylation sites is 1. The smallest absolute Gasteiger partial charge is 0.255 e. The van der Waals surface area contributed by atoms with Gasteiger partial charge in [0.25, 0.3) is 5.91 Å². The van der Waals surface area contributed by atoms with Crippen LogP contribution in [0.4, 0.5) is 11.4 Å². The second kappa shape index (κ2) is 8.93. The number of carbonyl (C=O) groups is 2. The molecule has 2 aromatic carbocycles. The molecule has 0 atom stereocenters. The summed E-state index contributed by atoms with van der Waals surface area (Å²) in [5.41, 5.74) is 2.09. The number of nitrogens with one attached hydrogen (secondary N) is 1. The van der Waals surface area contributed by atoms with E-state index in [1.54, 1.807) is 12.1 Å². The van der Waals surface area contributed by atoms with Gasteiger partial charge in [-0.1, -0.05) is 24.6 Å². The fraction of sp³-hybridized carbons (Fsp3) is 0.300. The number of amides is 2. The van der Waals surface area contributed by atoms with Gasteiger partial charge in [0.2, 0.25) is 5.91 Å². The van der Waals surface area contributed by atoms with Crippen molar-refractivity contribution < 1.29 is 9.59 Å². The number of hydrogen-bond acceptors (Lipinski definition) is 3. The molecule has 1 saturated heterocycles. The van der Waals surface area contributed by atoms with Crippen molar-refractivity contribution in [1.29, 1.82) is 0 Å². The van der Waals surface area contributed by atoms with Crippen LogP contribution < -0.4 is 10.2 Å². The average molecular weight is 498 g/mol.